The standard InChI is InChI=1S/C13H26N2O4S/c1-13(2)8-12(5-7-19-13)14-20(17,18)15-6-3-4-11(9-15)10-16/h11-12,14,16H,3-10H2,1-2H3. The molecule has 0 amide bonds. The highest BCUT2D eigenvalue weighted by atomic mass is 32.2. The van der Waals surface area contributed by atoms with Gasteiger partial charge in [0.25, 0.3) is 10.2 Å². The molecule has 2 atom stereocenters. The average Bonchev–Trinajstić information content (AvgIpc) is 2.37. The Bertz CT molecular complexity index is 424. The van der Waals surface area contributed by atoms with E-state index in [-0.39, 0.29) is 24.2 Å². The third-order valence-corrected chi connectivity index (χ3v) is 5.74. The summed E-state index contributed by atoms with van der Waals surface area (Å²) in [6.45, 7) is 5.55. The molecule has 118 valence electrons. The maximum absolute atomic E-state index is 12.4. The van der Waals surface area contributed by atoms with E-state index in [9.17, 15) is 13.5 Å². The molecule has 2 aliphatic heterocycles. The molecule has 2 saturated heterocycles. The first kappa shape index (κ1) is 16.2. The van der Waals surface area contributed by atoms with Gasteiger partial charge in [0.05, 0.1) is 5.60 Å². The molecule has 0 aromatic carbocycles. The lowest BCUT2D eigenvalue weighted by Crippen LogP contribution is -2.52. The maximum atomic E-state index is 12.4. The van der Waals surface area contributed by atoms with E-state index in [1.165, 1.54) is 4.31 Å². The molecule has 0 radical (unpaired) electrons. The molecule has 0 aromatic rings. The van der Waals surface area contributed by atoms with Crippen molar-refractivity contribution < 1.29 is 18.3 Å². The highest BCUT2D eigenvalue weighted by Gasteiger charge is 2.34. The predicted molar refractivity (Wildman–Crippen MR) is 76.5 cm³/mol. The van der Waals surface area contributed by atoms with Crippen LogP contribution in [0, 0.1) is 5.92 Å². The van der Waals surface area contributed by atoms with E-state index in [1.54, 1.807) is 0 Å². The van der Waals surface area contributed by atoms with Crippen LogP contribution < -0.4 is 4.72 Å². The van der Waals surface area contributed by atoms with Crippen molar-refractivity contribution in [3.05, 3.63) is 0 Å². The number of nitrogens with zero attached hydrogens (tertiary/aromatic N) is 1. The summed E-state index contributed by atoms with van der Waals surface area (Å²) in [5, 5.41) is 9.21. The van der Waals surface area contributed by atoms with Gasteiger partial charge in [-0.15, -0.1) is 0 Å². The second kappa shape index (κ2) is 6.27. The van der Waals surface area contributed by atoms with Crippen LogP contribution in [0.1, 0.15) is 39.5 Å². The number of piperidine rings is 1. The summed E-state index contributed by atoms with van der Waals surface area (Å²) in [4.78, 5) is 0. The van der Waals surface area contributed by atoms with Gasteiger partial charge in [-0.25, -0.2) is 0 Å². The molecule has 0 aromatic heterocycles. The Balaban J connectivity index is 1.96. The molecule has 2 fully saturated rings. The summed E-state index contributed by atoms with van der Waals surface area (Å²) in [6.07, 6.45) is 3.10. The van der Waals surface area contributed by atoms with Crippen LogP contribution in [0.2, 0.25) is 0 Å². The Kier molecular flexibility index (Phi) is 5.07. The molecule has 2 unspecified atom stereocenters. The number of nitrogens with one attached hydrogen (secondary N) is 1. The van der Waals surface area contributed by atoms with Crippen molar-refractivity contribution in [1.29, 1.82) is 0 Å². The highest BCUT2D eigenvalue weighted by Crippen LogP contribution is 2.25. The van der Waals surface area contributed by atoms with E-state index in [2.05, 4.69) is 4.72 Å². The van der Waals surface area contributed by atoms with E-state index in [0.717, 1.165) is 12.8 Å². The Morgan fingerprint density at radius 1 is 1.40 bits per heavy atom. The largest absolute Gasteiger partial charge is 0.396 e. The minimum Gasteiger partial charge on any atom is -0.396 e. The van der Waals surface area contributed by atoms with Gasteiger partial charge in [-0.2, -0.15) is 17.4 Å². The molecule has 2 N–H and O–H groups in total. The first-order chi connectivity index (χ1) is 9.32. The zero-order valence-electron chi connectivity index (χ0n) is 12.3. The Labute approximate surface area is 121 Å². The van der Waals surface area contributed by atoms with Gasteiger partial charge in [-0.05, 0) is 45.4 Å². The van der Waals surface area contributed by atoms with E-state index in [1.807, 2.05) is 13.8 Å². The minimum absolute atomic E-state index is 0.0519. The zero-order valence-corrected chi connectivity index (χ0v) is 13.2. The highest BCUT2D eigenvalue weighted by molar-refractivity contribution is 7.87. The smallest absolute Gasteiger partial charge is 0.279 e. The third-order valence-electron chi connectivity index (χ3n) is 4.09. The number of aliphatic hydroxyl groups excluding tert-OH is 1. The fraction of sp³-hybridized carbons (Fsp3) is 1.00. The SMILES string of the molecule is CC1(C)CC(NS(=O)(=O)N2CCCC(CO)C2)CCO1. The second-order valence-electron chi connectivity index (χ2n) is 6.47. The maximum Gasteiger partial charge on any atom is 0.279 e. The average molecular weight is 306 g/mol. The Morgan fingerprint density at radius 3 is 2.80 bits per heavy atom. The van der Waals surface area contributed by atoms with Crippen molar-refractivity contribution in [1.82, 2.24) is 9.03 Å². The summed E-state index contributed by atoms with van der Waals surface area (Å²) in [5.41, 5.74) is -0.277. The van der Waals surface area contributed by atoms with Gasteiger partial charge < -0.3 is 9.84 Å². The monoisotopic (exact) mass is 306 g/mol. The van der Waals surface area contributed by atoms with Crippen molar-refractivity contribution in [3.63, 3.8) is 0 Å². The van der Waals surface area contributed by atoms with Crippen LogP contribution in [0.15, 0.2) is 0 Å². The van der Waals surface area contributed by atoms with Crippen LogP contribution in [-0.2, 0) is 14.9 Å². The van der Waals surface area contributed by atoms with E-state index in [0.29, 0.717) is 32.5 Å². The molecule has 0 bridgehead atoms. The molecular weight excluding hydrogens is 280 g/mol. The molecular formula is C13H26N2O4S. The summed E-state index contributed by atoms with van der Waals surface area (Å²) in [6, 6.07) is -0.0711. The van der Waals surface area contributed by atoms with Gasteiger partial charge >= 0.3 is 0 Å². The lowest BCUT2D eigenvalue weighted by Gasteiger charge is -2.37. The van der Waals surface area contributed by atoms with Crippen molar-refractivity contribution >= 4 is 10.2 Å². The van der Waals surface area contributed by atoms with E-state index < -0.39 is 10.2 Å². The number of rotatable bonds is 4. The summed E-state index contributed by atoms with van der Waals surface area (Å²) in [5.74, 6) is 0.0615. The van der Waals surface area contributed by atoms with E-state index in [4.69, 9.17) is 4.74 Å². The van der Waals surface area contributed by atoms with Crippen LogP contribution in [0.25, 0.3) is 0 Å². The van der Waals surface area contributed by atoms with Gasteiger partial charge in [0.2, 0.25) is 0 Å². The fourth-order valence-electron chi connectivity index (χ4n) is 3.01. The lowest BCUT2D eigenvalue weighted by molar-refractivity contribution is -0.0601. The van der Waals surface area contributed by atoms with Crippen molar-refractivity contribution in [2.24, 2.45) is 5.92 Å². The number of aliphatic hydroxyl groups is 1. The van der Waals surface area contributed by atoms with Gasteiger partial charge in [-0.1, -0.05) is 0 Å². The number of hydrogen-bond donors (Lipinski definition) is 2. The summed E-state index contributed by atoms with van der Waals surface area (Å²) in [7, 11) is -3.46. The lowest BCUT2D eigenvalue weighted by atomic mass is 9.95. The second-order valence-corrected chi connectivity index (χ2v) is 8.17. The quantitative estimate of drug-likeness (QED) is 0.792. The molecule has 2 aliphatic rings. The van der Waals surface area contributed by atoms with Crippen LogP contribution in [0.4, 0.5) is 0 Å². The predicted octanol–water partition coefficient (Wildman–Crippen LogP) is 0.483. The fourth-order valence-corrected chi connectivity index (χ4v) is 4.56. The molecule has 2 rings (SSSR count). The van der Waals surface area contributed by atoms with Crippen molar-refractivity contribution in [3.8, 4) is 0 Å². The molecule has 0 aliphatic carbocycles. The minimum atomic E-state index is -3.46. The first-order valence-electron chi connectivity index (χ1n) is 7.34. The summed E-state index contributed by atoms with van der Waals surface area (Å²) >= 11 is 0. The third kappa shape index (κ3) is 4.14. The number of hydrogen-bond acceptors (Lipinski definition) is 4. The molecule has 20 heavy (non-hydrogen) atoms. The van der Waals surface area contributed by atoms with Crippen LogP contribution in [0.5, 0.6) is 0 Å². The van der Waals surface area contributed by atoms with Gasteiger partial charge in [0, 0.05) is 32.3 Å². The van der Waals surface area contributed by atoms with Crippen LogP contribution >= 0.6 is 0 Å². The molecule has 0 saturated carbocycles. The van der Waals surface area contributed by atoms with Gasteiger partial charge in [-0.3, -0.25) is 0 Å². The normalized spacial score (nSPS) is 32.1. The first-order valence-corrected chi connectivity index (χ1v) is 8.79. The molecule has 6 nitrogen and oxygen atoms in total. The molecule has 7 heteroatoms. The Hall–Kier alpha value is -0.210. The summed E-state index contributed by atoms with van der Waals surface area (Å²) < 4.78 is 34.7. The van der Waals surface area contributed by atoms with Crippen molar-refractivity contribution in [2.45, 2.75) is 51.2 Å². The van der Waals surface area contributed by atoms with Crippen molar-refractivity contribution in [2.75, 3.05) is 26.3 Å². The zero-order chi connectivity index (χ0) is 14.8. The van der Waals surface area contributed by atoms with Gasteiger partial charge in [0.15, 0.2) is 0 Å². The topological polar surface area (TPSA) is 78.9 Å². The Morgan fingerprint density at radius 2 is 2.15 bits per heavy atom. The van der Waals surface area contributed by atoms with Crippen LogP contribution in [-0.4, -0.2) is 55.8 Å². The van der Waals surface area contributed by atoms with E-state index >= 15 is 0 Å². The molecule has 0 spiro atoms. The van der Waals surface area contributed by atoms with Crippen LogP contribution in [0.3, 0.4) is 0 Å². The van der Waals surface area contributed by atoms with Gasteiger partial charge in [0.1, 0.15) is 0 Å². The number of ether oxygens (including phenoxy) is 1. The molecule has 2 heterocycles.